The lowest BCUT2D eigenvalue weighted by molar-refractivity contribution is -0.111. The minimum absolute atomic E-state index is 0.177. The van der Waals surface area contributed by atoms with E-state index in [9.17, 15) is 4.79 Å². The van der Waals surface area contributed by atoms with Crippen LogP contribution in [0, 0.1) is 0 Å². The number of carbonyl (C=O) groups is 1. The number of carbonyl (C=O) groups excluding carboxylic acids is 1. The molecule has 0 saturated heterocycles. The maximum Gasteiger partial charge on any atom is 0.282 e. The molecule has 1 aliphatic heterocycles. The molecule has 3 aromatic carbocycles. The van der Waals surface area contributed by atoms with Gasteiger partial charge in [0.1, 0.15) is 5.71 Å². The lowest BCUT2D eigenvalue weighted by Crippen LogP contribution is -2.25. The Labute approximate surface area is 155 Å². The number of hydrogen-bond donors (Lipinski definition) is 0. The Bertz CT molecular complexity index is 979. The molecule has 0 unspecified atom stereocenters. The fraction of sp³-hybridized carbons (Fsp3) is 0. The average molecular weight is 367 g/mol. The summed E-state index contributed by atoms with van der Waals surface area (Å²) in [6, 6.07) is 22.1. The molecule has 1 aliphatic rings. The van der Waals surface area contributed by atoms with Crippen LogP contribution in [-0.4, -0.2) is 11.6 Å². The van der Waals surface area contributed by atoms with E-state index in [2.05, 4.69) is 4.99 Å². The monoisotopic (exact) mass is 366 g/mol. The molecule has 5 heteroatoms. The fourth-order valence-corrected chi connectivity index (χ4v) is 3.39. The summed E-state index contributed by atoms with van der Waals surface area (Å²) in [7, 11) is 0. The third-order valence-electron chi connectivity index (χ3n) is 3.91. The summed E-state index contributed by atoms with van der Waals surface area (Å²) in [4.78, 5) is 19.3. The van der Waals surface area contributed by atoms with E-state index in [1.165, 1.54) is 0 Å². The van der Waals surface area contributed by atoms with Gasteiger partial charge in [0.25, 0.3) is 5.91 Å². The number of amides is 1. The first-order valence-electron chi connectivity index (χ1n) is 7.67. The number of nitrogens with zero attached hydrogens (tertiary/aromatic N) is 2. The molecule has 0 radical (unpaired) electrons. The quantitative estimate of drug-likeness (QED) is 0.564. The molecule has 25 heavy (non-hydrogen) atoms. The highest BCUT2D eigenvalue weighted by atomic mass is 35.5. The Morgan fingerprint density at radius 2 is 1.44 bits per heavy atom. The summed E-state index contributed by atoms with van der Waals surface area (Å²) < 4.78 is 0. The fourth-order valence-electron chi connectivity index (χ4n) is 2.87. The first-order chi connectivity index (χ1) is 12.1. The van der Waals surface area contributed by atoms with Crippen LogP contribution in [-0.2, 0) is 4.79 Å². The van der Waals surface area contributed by atoms with E-state index >= 15 is 0 Å². The molecule has 0 aliphatic carbocycles. The first-order valence-corrected chi connectivity index (χ1v) is 8.43. The Morgan fingerprint density at radius 3 is 2.16 bits per heavy atom. The molecule has 122 valence electrons. The molecular weight excluding hydrogens is 355 g/mol. The van der Waals surface area contributed by atoms with Crippen molar-refractivity contribution in [3.8, 4) is 0 Å². The molecule has 0 atom stereocenters. The average Bonchev–Trinajstić information content (AvgIpc) is 2.87. The van der Waals surface area contributed by atoms with E-state index in [0.29, 0.717) is 21.4 Å². The van der Waals surface area contributed by atoms with Crippen LogP contribution in [0.3, 0.4) is 0 Å². The molecule has 0 bridgehead atoms. The van der Waals surface area contributed by atoms with Crippen molar-refractivity contribution in [1.82, 2.24) is 0 Å². The highest BCUT2D eigenvalue weighted by molar-refractivity contribution is 6.56. The normalized spacial score (nSPS) is 14.9. The lowest BCUT2D eigenvalue weighted by atomic mass is 10.1. The Balaban J connectivity index is 1.87. The molecular formula is C20H12Cl2N2O. The predicted molar refractivity (Wildman–Crippen MR) is 103 cm³/mol. The van der Waals surface area contributed by atoms with Crippen LogP contribution in [0.15, 0.2) is 77.8 Å². The van der Waals surface area contributed by atoms with Crippen LogP contribution in [0.1, 0.15) is 5.56 Å². The van der Waals surface area contributed by atoms with Crippen molar-refractivity contribution in [3.05, 3.63) is 88.4 Å². The Morgan fingerprint density at radius 1 is 0.800 bits per heavy atom. The molecule has 0 spiro atoms. The van der Waals surface area contributed by atoms with Gasteiger partial charge in [-0.1, -0.05) is 59.6 Å². The first kappa shape index (κ1) is 15.9. The summed E-state index contributed by atoms with van der Waals surface area (Å²) in [5, 5.41) is 0.955. The summed E-state index contributed by atoms with van der Waals surface area (Å²) in [6.45, 7) is 0. The number of anilines is 2. The molecule has 0 saturated carbocycles. The van der Waals surface area contributed by atoms with E-state index in [-0.39, 0.29) is 5.91 Å². The van der Waals surface area contributed by atoms with Crippen molar-refractivity contribution in [2.45, 2.75) is 0 Å². The number of halogens is 2. The van der Waals surface area contributed by atoms with Gasteiger partial charge in [0.05, 0.1) is 11.4 Å². The largest absolute Gasteiger partial charge is 0.282 e. The molecule has 3 aromatic rings. The van der Waals surface area contributed by atoms with E-state index in [1.807, 2.05) is 54.6 Å². The molecule has 1 heterocycles. The maximum atomic E-state index is 13.1. The second-order valence-corrected chi connectivity index (χ2v) is 6.45. The highest BCUT2D eigenvalue weighted by Gasteiger charge is 2.34. The maximum absolute atomic E-state index is 13.1. The SMILES string of the molecule is O=C1/C(=N\c2cc(Cl)cc(Cl)c2)c2ccccc2N1c1ccccc1. The van der Waals surface area contributed by atoms with E-state index < -0.39 is 0 Å². The second kappa shape index (κ2) is 6.36. The van der Waals surface area contributed by atoms with E-state index in [4.69, 9.17) is 23.2 Å². The zero-order valence-electron chi connectivity index (χ0n) is 13.0. The molecule has 4 rings (SSSR count). The molecule has 0 N–H and O–H groups in total. The summed E-state index contributed by atoms with van der Waals surface area (Å²) >= 11 is 12.1. The predicted octanol–water partition coefficient (Wildman–Crippen LogP) is 5.79. The number of aliphatic imine (C=N–C) groups is 1. The third-order valence-corrected chi connectivity index (χ3v) is 4.34. The van der Waals surface area contributed by atoms with Gasteiger partial charge in [0, 0.05) is 21.3 Å². The van der Waals surface area contributed by atoms with Gasteiger partial charge in [0.15, 0.2) is 0 Å². The van der Waals surface area contributed by atoms with Gasteiger partial charge in [-0.2, -0.15) is 0 Å². The van der Waals surface area contributed by atoms with Crippen molar-refractivity contribution < 1.29 is 4.79 Å². The number of hydrogen-bond acceptors (Lipinski definition) is 2. The Hall–Kier alpha value is -2.62. The topological polar surface area (TPSA) is 32.7 Å². The van der Waals surface area contributed by atoms with Gasteiger partial charge in [0.2, 0.25) is 0 Å². The number of benzene rings is 3. The van der Waals surface area contributed by atoms with Crippen molar-refractivity contribution in [2.24, 2.45) is 4.99 Å². The molecule has 0 fully saturated rings. The number of fused-ring (bicyclic) bond motifs is 1. The van der Waals surface area contributed by atoms with Gasteiger partial charge in [-0.05, 0) is 36.4 Å². The number of para-hydroxylation sites is 2. The standard InChI is InChI=1S/C20H12Cl2N2O/c21-13-10-14(22)12-15(11-13)23-19-17-8-4-5-9-18(17)24(20(19)25)16-6-2-1-3-7-16/h1-12H/b23-19-. The molecule has 3 nitrogen and oxygen atoms in total. The molecule has 0 aromatic heterocycles. The molecule has 1 amide bonds. The van der Waals surface area contributed by atoms with Crippen molar-refractivity contribution in [3.63, 3.8) is 0 Å². The van der Waals surface area contributed by atoms with Gasteiger partial charge < -0.3 is 0 Å². The number of rotatable bonds is 2. The van der Waals surface area contributed by atoms with Crippen LogP contribution in [0.2, 0.25) is 10.0 Å². The van der Waals surface area contributed by atoms with Crippen LogP contribution in [0.5, 0.6) is 0 Å². The summed E-state index contributed by atoms with van der Waals surface area (Å²) in [6.07, 6.45) is 0. The Kier molecular flexibility index (Phi) is 4.04. The smallest absolute Gasteiger partial charge is 0.275 e. The van der Waals surface area contributed by atoms with Crippen molar-refractivity contribution >= 4 is 51.9 Å². The van der Waals surface area contributed by atoms with E-state index in [0.717, 1.165) is 16.9 Å². The van der Waals surface area contributed by atoms with Crippen molar-refractivity contribution in [1.29, 1.82) is 0 Å². The summed E-state index contributed by atoms with van der Waals surface area (Å²) in [5.41, 5.74) is 3.32. The van der Waals surface area contributed by atoms with Gasteiger partial charge >= 0.3 is 0 Å². The van der Waals surface area contributed by atoms with Crippen molar-refractivity contribution in [2.75, 3.05) is 4.90 Å². The zero-order chi connectivity index (χ0) is 17.4. The van der Waals surface area contributed by atoms with E-state index in [1.54, 1.807) is 23.1 Å². The highest BCUT2D eigenvalue weighted by Crippen LogP contribution is 2.36. The third kappa shape index (κ3) is 2.93. The van der Waals surface area contributed by atoms with Crippen LogP contribution in [0.4, 0.5) is 17.1 Å². The zero-order valence-corrected chi connectivity index (χ0v) is 14.5. The minimum atomic E-state index is -0.177. The van der Waals surface area contributed by atoms with Crippen LogP contribution < -0.4 is 4.90 Å². The minimum Gasteiger partial charge on any atom is -0.275 e. The summed E-state index contributed by atoms with van der Waals surface area (Å²) in [5.74, 6) is -0.177. The van der Waals surface area contributed by atoms with Gasteiger partial charge in [-0.3, -0.25) is 9.69 Å². The lowest BCUT2D eigenvalue weighted by Gasteiger charge is -2.16. The van der Waals surface area contributed by atoms with Gasteiger partial charge in [-0.15, -0.1) is 0 Å². The van der Waals surface area contributed by atoms with Crippen LogP contribution in [0.25, 0.3) is 0 Å². The van der Waals surface area contributed by atoms with Gasteiger partial charge in [-0.25, -0.2) is 4.99 Å². The second-order valence-electron chi connectivity index (χ2n) is 5.58. The van der Waals surface area contributed by atoms with Crippen LogP contribution >= 0.6 is 23.2 Å².